The van der Waals surface area contributed by atoms with Crippen LogP contribution in [0.5, 0.6) is 0 Å². The van der Waals surface area contributed by atoms with Gasteiger partial charge in [0.25, 0.3) is 5.91 Å². The summed E-state index contributed by atoms with van der Waals surface area (Å²) in [6, 6.07) is 28.5. The third kappa shape index (κ3) is 5.63. The molecule has 1 heterocycles. The highest BCUT2D eigenvalue weighted by Gasteiger charge is 2.39. The molecule has 3 aromatic rings. The second kappa shape index (κ2) is 10.9. The highest BCUT2D eigenvalue weighted by atomic mass is 16.2. The Morgan fingerprint density at radius 2 is 1.43 bits per heavy atom. The first-order chi connectivity index (χ1) is 17.2. The van der Waals surface area contributed by atoms with E-state index >= 15 is 0 Å². The summed E-state index contributed by atoms with van der Waals surface area (Å²) in [4.78, 5) is 28.0. The summed E-state index contributed by atoms with van der Waals surface area (Å²) in [5, 5.41) is 0. The molecule has 1 aliphatic carbocycles. The fraction of sp³-hybridized carbons (Fsp3) is 0.333. The first kappa shape index (κ1) is 23.3. The van der Waals surface area contributed by atoms with E-state index in [1.165, 1.54) is 6.42 Å². The van der Waals surface area contributed by atoms with Crippen LogP contribution in [0.25, 0.3) is 0 Å². The second-order valence-electron chi connectivity index (χ2n) is 9.83. The summed E-state index contributed by atoms with van der Waals surface area (Å²) >= 11 is 0. The van der Waals surface area contributed by atoms with Crippen LogP contribution >= 0.6 is 0 Å². The molecule has 5 heteroatoms. The number of nitrogens with one attached hydrogen (secondary N) is 2. The minimum Gasteiger partial charge on any atom is -0.330 e. The normalized spacial score (nSPS) is 21.6. The zero-order valence-electron chi connectivity index (χ0n) is 20.0. The third-order valence-electron chi connectivity index (χ3n) is 7.40. The summed E-state index contributed by atoms with van der Waals surface area (Å²) in [6.45, 7) is 1.11. The maximum absolute atomic E-state index is 13.7. The van der Waals surface area contributed by atoms with Crippen LogP contribution in [0, 0.1) is 11.8 Å². The van der Waals surface area contributed by atoms with E-state index in [9.17, 15) is 9.59 Å². The number of nitrogens with zero attached hydrogens (tertiary/aromatic N) is 1. The zero-order valence-corrected chi connectivity index (χ0v) is 20.0. The zero-order chi connectivity index (χ0) is 24.0. The van der Waals surface area contributed by atoms with Crippen molar-refractivity contribution in [2.45, 2.75) is 51.2 Å². The molecular weight excluding hydrogens is 434 g/mol. The van der Waals surface area contributed by atoms with Crippen molar-refractivity contribution in [3.63, 3.8) is 0 Å². The van der Waals surface area contributed by atoms with Crippen LogP contribution in [-0.2, 0) is 24.3 Å². The fourth-order valence-corrected chi connectivity index (χ4v) is 5.61. The van der Waals surface area contributed by atoms with Gasteiger partial charge >= 0.3 is 0 Å². The van der Waals surface area contributed by atoms with Gasteiger partial charge in [-0.25, -0.2) is 5.43 Å². The topological polar surface area (TPSA) is 61.4 Å². The molecule has 2 amide bonds. The van der Waals surface area contributed by atoms with Crippen molar-refractivity contribution >= 4 is 11.8 Å². The maximum Gasteiger partial charge on any atom is 0.254 e. The van der Waals surface area contributed by atoms with Crippen molar-refractivity contribution in [2.24, 2.45) is 11.8 Å². The predicted octanol–water partition coefficient (Wildman–Crippen LogP) is 4.88. The Labute approximate surface area is 207 Å². The summed E-state index contributed by atoms with van der Waals surface area (Å²) in [5.74, 6) is 0.615. The molecule has 180 valence electrons. The van der Waals surface area contributed by atoms with Gasteiger partial charge in [0, 0.05) is 30.6 Å². The number of hydrogen-bond acceptors (Lipinski definition) is 3. The Balaban J connectivity index is 1.35. The van der Waals surface area contributed by atoms with Gasteiger partial charge in [-0.2, -0.15) is 0 Å². The summed E-state index contributed by atoms with van der Waals surface area (Å²) in [6.07, 6.45) is 5.15. The lowest BCUT2D eigenvalue weighted by molar-refractivity contribution is -0.133. The molecule has 1 aliphatic heterocycles. The minimum atomic E-state index is 0.0278. The van der Waals surface area contributed by atoms with Crippen molar-refractivity contribution in [3.8, 4) is 0 Å². The van der Waals surface area contributed by atoms with Crippen molar-refractivity contribution in [3.05, 3.63) is 107 Å². The smallest absolute Gasteiger partial charge is 0.254 e. The lowest BCUT2D eigenvalue weighted by atomic mass is 9.72. The number of hydrazine groups is 1. The summed E-state index contributed by atoms with van der Waals surface area (Å²) in [5.41, 5.74) is 10.2. The number of benzene rings is 3. The van der Waals surface area contributed by atoms with E-state index in [-0.39, 0.29) is 23.8 Å². The molecule has 0 radical (unpaired) electrons. The van der Waals surface area contributed by atoms with E-state index in [0.29, 0.717) is 24.6 Å². The fourth-order valence-electron chi connectivity index (χ4n) is 5.61. The Hall–Kier alpha value is -3.44. The quantitative estimate of drug-likeness (QED) is 0.521. The van der Waals surface area contributed by atoms with Crippen molar-refractivity contribution in [1.29, 1.82) is 0 Å². The molecule has 5 rings (SSSR count). The molecule has 2 aliphatic rings. The first-order valence-corrected chi connectivity index (χ1v) is 12.7. The van der Waals surface area contributed by atoms with Crippen molar-refractivity contribution in [1.82, 2.24) is 15.8 Å². The highest BCUT2D eigenvalue weighted by molar-refractivity contribution is 5.94. The van der Waals surface area contributed by atoms with Crippen LogP contribution < -0.4 is 10.9 Å². The van der Waals surface area contributed by atoms with Gasteiger partial charge in [0.1, 0.15) is 0 Å². The van der Waals surface area contributed by atoms with E-state index < -0.39 is 0 Å². The molecule has 5 nitrogen and oxygen atoms in total. The summed E-state index contributed by atoms with van der Waals surface area (Å²) < 4.78 is 0. The maximum atomic E-state index is 13.7. The monoisotopic (exact) mass is 467 g/mol. The van der Waals surface area contributed by atoms with Crippen molar-refractivity contribution in [2.75, 3.05) is 0 Å². The van der Waals surface area contributed by atoms with Crippen LogP contribution in [-0.4, -0.2) is 22.8 Å². The first-order valence-electron chi connectivity index (χ1n) is 12.7. The van der Waals surface area contributed by atoms with Gasteiger partial charge in [-0.1, -0.05) is 85.6 Å². The van der Waals surface area contributed by atoms with Crippen LogP contribution in [0.15, 0.2) is 84.9 Å². The molecule has 1 saturated carbocycles. The minimum absolute atomic E-state index is 0.0278. The summed E-state index contributed by atoms with van der Waals surface area (Å²) in [7, 11) is 0. The van der Waals surface area contributed by atoms with Crippen LogP contribution in [0.1, 0.15) is 52.7 Å². The van der Waals surface area contributed by atoms with E-state index in [2.05, 4.69) is 41.2 Å². The standard InChI is InChI=1S/C30H33N3O2/c34-29-27-17-8-7-16-26(27)28(31-32-29)19-24-14-9-15-25(18-24)30(35)33(20-22-10-3-1-4-11-22)21-23-12-5-2-6-13-23/h1-6,9-15,18,26-28,31H,7-8,16-17,19-21H2,(H,32,34). The van der Waals surface area contributed by atoms with Gasteiger partial charge < -0.3 is 4.90 Å². The van der Waals surface area contributed by atoms with Gasteiger partial charge in [0.05, 0.1) is 0 Å². The van der Waals surface area contributed by atoms with E-state index in [4.69, 9.17) is 0 Å². The van der Waals surface area contributed by atoms with E-state index in [1.807, 2.05) is 59.5 Å². The average molecular weight is 468 g/mol. The van der Waals surface area contributed by atoms with E-state index in [1.54, 1.807) is 0 Å². The molecule has 0 bridgehead atoms. The molecule has 35 heavy (non-hydrogen) atoms. The number of amides is 2. The molecule has 1 saturated heterocycles. The molecule has 0 spiro atoms. The SMILES string of the molecule is O=C1NNC(Cc2cccc(C(=O)N(Cc3ccccc3)Cc3ccccc3)c2)C2CCCCC12. The lowest BCUT2D eigenvalue weighted by Gasteiger charge is -2.41. The predicted molar refractivity (Wildman–Crippen MR) is 137 cm³/mol. The van der Waals surface area contributed by atoms with Crippen molar-refractivity contribution < 1.29 is 9.59 Å². The molecule has 3 atom stereocenters. The number of rotatable bonds is 7. The van der Waals surface area contributed by atoms with Gasteiger partial charge in [0.2, 0.25) is 5.91 Å². The largest absolute Gasteiger partial charge is 0.330 e. The molecule has 0 aromatic heterocycles. The molecule has 3 unspecified atom stereocenters. The number of carbonyl (C=O) groups excluding carboxylic acids is 2. The Morgan fingerprint density at radius 3 is 2.11 bits per heavy atom. The molecule has 2 N–H and O–H groups in total. The number of carbonyl (C=O) groups is 2. The lowest BCUT2D eigenvalue weighted by Crippen LogP contribution is -2.60. The molecule has 2 fully saturated rings. The third-order valence-corrected chi connectivity index (χ3v) is 7.40. The van der Waals surface area contributed by atoms with Gasteiger partial charge in [-0.15, -0.1) is 0 Å². The average Bonchev–Trinajstić information content (AvgIpc) is 2.91. The Kier molecular flexibility index (Phi) is 7.24. The highest BCUT2D eigenvalue weighted by Crippen LogP contribution is 2.35. The van der Waals surface area contributed by atoms with Crippen LogP contribution in [0.3, 0.4) is 0 Å². The Morgan fingerprint density at radius 1 is 0.800 bits per heavy atom. The van der Waals surface area contributed by atoms with Gasteiger partial charge in [-0.3, -0.25) is 15.0 Å². The molecular formula is C30H33N3O2. The van der Waals surface area contributed by atoms with Gasteiger partial charge in [0.15, 0.2) is 0 Å². The van der Waals surface area contributed by atoms with Crippen LogP contribution in [0.4, 0.5) is 0 Å². The number of fused-ring (bicyclic) bond motifs is 1. The Bertz CT molecular complexity index is 1110. The second-order valence-corrected chi connectivity index (χ2v) is 9.83. The van der Waals surface area contributed by atoms with Crippen LogP contribution in [0.2, 0.25) is 0 Å². The van der Waals surface area contributed by atoms with E-state index in [0.717, 1.165) is 42.4 Å². The van der Waals surface area contributed by atoms with Gasteiger partial charge in [-0.05, 0) is 54.0 Å². The molecule has 3 aromatic carbocycles. The number of hydrogen-bond donors (Lipinski definition) is 2.